The molecule has 1 aliphatic heterocycles. The molecule has 0 radical (unpaired) electrons. The average molecular weight is 1030 g/mol. The van der Waals surface area contributed by atoms with E-state index in [1.807, 2.05) is 78.9 Å². The molecule has 0 spiro atoms. The summed E-state index contributed by atoms with van der Waals surface area (Å²) in [5, 5.41) is 19.4. The number of carbonyl (C=O) groups excluding carboxylic acids is 5. The Morgan fingerprint density at radius 3 is 2.09 bits per heavy atom. The van der Waals surface area contributed by atoms with Gasteiger partial charge in [0.1, 0.15) is 28.8 Å². The van der Waals surface area contributed by atoms with Gasteiger partial charge in [0.05, 0.1) is 45.5 Å². The van der Waals surface area contributed by atoms with E-state index in [1.54, 1.807) is 63.4 Å². The maximum absolute atomic E-state index is 13.8. The van der Waals surface area contributed by atoms with Crippen LogP contribution >= 0.6 is 0 Å². The summed E-state index contributed by atoms with van der Waals surface area (Å²) in [6.07, 6.45) is 4.51. The van der Waals surface area contributed by atoms with Gasteiger partial charge in [-0.3, -0.25) is 34.3 Å². The molecule has 396 valence electrons. The van der Waals surface area contributed by atoms with Gasteiger partial charge < -0.3 is 44.6 Å². The van der Waals surface area contributed by atoms with Gasteiger partial charge in [0, 0.05) is 43.6 Å². The minimum absolute atomic E-state index is 0.0141. The summed E-state index contributed by atoms with van der Waals surface area (Å²) in [4.78, 5) is 89.3. The van der Waals surface area contributed by atoms with Crippen molar-refractivity contribution in [1.29, 1.82) is 0 Å². The first kappa shape index (κ1) is 54.9. The number of β-amino-alcohol motifs (C(OH)–C–C–N with tert-alkyl or cyclic N) is 1. The number of aliphatic hydroxyl groups is 1. The highest BCUT2D eigenvalue weighted by Gasteiger charge is 2.41. The van der Waals surface area contributed by atoms with Gasteiger partial charge in [0.25, 0.3) is 11.5 Å². The summed E-state index contributed by atoms with van der Waals surface area (Å²) in [6, 6.07) is 30.8. The molecule has 2 aromatic heterocycles. The Hall–Kier alpha value is -7.83. The third kappa shape index (κ3) is 13.9. The lowest BCUT2D eigenvalue weighted by Gasteiger charge is -2.38. The van der Waals surface area contributed by atoms with Crippen LogP contribution in [0.5, 0.6) is 11.5 Å². The molecule has 1 saturated heterocycles. The van der Waals surface area contributed by atoms with Crippen molar-refractivity contribution in [3.63, 3.8) is 0 Å². The van der Waals surface area contributed by atoms with Crippen LogP contribution in [0.2, 0.25) is 0 Å². The number of aliphatic hydroxyl groups excluding tert-OH is 1. The van der Waals surface area contributed by atoms with E-state index < -0.39 is 29.6 Å². The fourth-order valence-electron chi connectivity index (χ4n) is 9.32. The van der Waals surface area contributed by atoms with Crippen LogP contribution in [0, 0.1) is 5.92 Å². The Morgan fingerprint density at radius 1 is 0.813 bits per heavy atom. The number of nitrogens with zero attached hydrogens (tertiary/aromatic N) is 2. The maximum Gasteiger partial charge on any atom is 0.328 e. The lowest BCUT2D eigenvalue weighted by Crippen LogP contribution is -2.42. The number of likely N-dealkylation sites (tertiary alicyclic amines) is 1. The van der Waals surface area contributed by atoms with Gasteiger partial charge in [-0.05, 0) is 103 Å². The van der Waals surface area contributed by atoms with Crippen LogP contribution in [0.3, 0.4) is 0 Å². The highest BCUT2D eigenvalue weighted by molar-refractivity contribution is 5.97. The number of hydrogen-bond acceptors (Lipinski definition) is 12. The summed E-state index contributed by atoms with van der Waals surface area (Å²) in [5.41, 5.74) is 3.47. The summed E-state index contributed by atoms with van der Waals surface area (Å²) in [5.74, 6) is -0.652. The molecular formula is C57H67N7O11. The predicted molar refractivity (Wildman–Crippen MR) is 282 cm³/mol. The number of aromatic nitrogens is 3. The summed E-state index contributed by atoms with van der Waals surface area (Å²) in [6.45, 7) is 4.19. The highest BCUT2D eigenvalue weighted by atomic mass is 16.5. The highest BCUT2D eigenvalue weighted by Crippen LogP contribution is 2.42. The Bertz CT molecular complexity index is 2890. The molecule has 6 N–H and O–H groups in total. The molecule has 4 aromatic carbocycles. The number of rotatable bonds is 25. The molecule has 75 heavy (non-hydrogen) atoms. The second kappa shape index (κ2) is 25.9. The number of H-pyrrole nitrogens is 2. The quantitative estimate of drug-likeness (QED) is 0.0209. The van der Waals surface area contributed by atoms with Gasteiger partial charge in [-0.15, -0.1) is 0 Å². The zero-order valence-electron chi connectivity index (χ0n) is 43.1. The lowest BCUT2D eigenvalue weighted by molar-refractivity contribution is -0.143. The zero-order chi connectivity index (χ0) is 53.5. The van der Waals surface area contributed by atoms with E-state index >= 15 is 0 Å². The fourth-order valence-corrected chi connectivity index (χ4v) is 9.32. The van der Waals surface area contributed by atoms with E-state index in [4.69, 9.17) is 18.9 Å². The van der Waals surface area contributed by atoms with Crippen molar-refractivity contribution in [2.75, 3.05) is 46.3 Å². The van der Waals surface area contributed by atoms with E-state index in [0.29, 0.717) is 73.2 Å². The van der Waals surface area contributed by atoms with Crippen LogP contribution in [0.25, 0.3) is 11.0 Å². The second-order valence-corrected chi connectivity index (χ2v) is 18.9. The van der Waals surface area contributed by atoms with Gasteiger partial charge in [0.2, 0.25) is 23.7 Å². The van der Waals surface area contributed by atoms with E-state index in [0.717, 1.165) is 27.8 Å². The number of methoxy groups -OCH3 is 3. The zero-order valence-corrected chi connectivity index (χ0v) is 43.1. The van der Waals surface area contributed by atoms with Gasteiger partial charge in [0.15, 0.2) is 0 Å². The first-order valence-corrected chi connectivity index (χ1v) is 25.3. The predicted octanol–water partition coefficient (Wildman–Crippen LogP) is 6.35. The number of esters is 1. The second-order valence-electron chi connectivity index (χ2n) is 18.9. The first-order chi connectivity index (χ1) is 36.2. The molecule has 3 atom stereocenters. The number of amides is 4. The van der Waals surface area contributed by atoms with Gasteiger partial charge in [-0.25, -0.2) is 4.79 Å². The average Bonchev–Trinajstić information content (AvgIpc) is 4.03. The van der Waals surface area contributed by atoms with Crippen molar-refractivity contribution >= 4 is 46.6 Å². The molecule has 0 unspecified atom stereocenters. The number of unbranched alkanes of at least 4 members (excludes halogenated alkanes) is 2. The molecule has 18 nitrogen and oxygen atoms in total. The number of benzene rings is 4. The van der Waals surface area contributed by atoms with Crippen LogP contribution < -0.4 is 31.0 Å². The summed E-state index contributed by atoms with van der Waals surface area (Å²) >= 11 is 0. The van der Waals surface area contributed by atoms with Crippen molar-refractivity contribution in [2.24, 2.45) is 5.92 Å². The number of carbonyl (C=O) groups is 5. The molecule has 1 fully saturated rings. The topological polar surface area (TPSA) is 243 Å². The van der Waals surface area contributed by atoms with Gasteiger partial charge >= 0.3 is 5.97 Å². The van der Waals surface area contributed by atoms with E-state index in [2.05, 4.69) is 30.9 Å². The number of ether oxygens (including phenoxy) is 4. The third-order valence-corrected chi connectivity index (χ3v) is 13.5. The number of nitrogens with one attached hydrogen (secondary N) is 5. The smallest absolute Gasteiger partial charge is 0.328 e. The number of fused-ring (bicyclic) bond motifs is 1. The van der Waals surface area contributed by atoms with Crippen LogP contribution in [0.4, 0.5) is 5.95 Å². The molecule has 4 amide bonds. The largest absolute Gasteiger partial charge is 0.497 e. The van der Waals surface area contributed by atoms with Crippen LogP contribution in [0.15, 0.2) is 114 Å². The Balaban J connectivity index is 0.856. The number of aryl methyl sites for hydroxylation is 2. The maximum atomic E-state index is 13.8. The Kier molecular flexibility index (Phi) is 19.0. The molecule has 0 saturated carbocycles. The van der Waals surface area contributed by atoms with Crippen LogP contribution in [-0.4, -0.2) is 114 Å². The Labute approximate surface area is 435 Å². The number of anilines is 1. The van der Waals surface area contributed by atoms with E-state index in [-0.39, 0.29) is 73.6 Å². The minimum atomic E-state index is -1.08. The standard InChI is InChI=1S/C57H67N7O11/c1-36(2)52(68)62-56-61-51-50(54(70)63-56)39(33-59-51)20-17-37-15-18-38(19-16-37)53(69)60-47(55(71)74-5)29-30-48(66)58-31-11-7-10-14-49(67)64-34-44(65)32-43(64)35-75-57(40-12-8-6-9-13-40,41-21-25-45(72-3)26-22-41)42-23-27-46(73-4)28-24-42/h6,8-9,12-13,15-16,18-19,21-28,33,36,43-44,47,65H,7,10-11,14,17,20,29-32,34-35H2,1-5H3,(H,58,66)(H,60,69)(H3,59,61,62,63,68,70)/t43-,44+,47-/m0/s1. The van der Waals surface area contributed by atoms with Crippen LogP contribution in [-0.2, 0) is 47.1 Å². The van der Waals surface area contributed by atoms with Crippen molar-refractivity contribution in [3.05, 3.63) is 153 Å². The molecule has 18 heteroatoms. The molecule has 6 aromatic rings. The molecule has 0 aliphatic carbocycles. The molecule has 3 heterocycles. The van der Waals surface area contributed by atoms with Crippen LogP contribution in [0.1, 0.15) is 97.0 Å². The first-order valence-electron chi connectivity index (χ1n) is 25.3. The molecule has 1 aliphatic rings. The Morgan fingerprint density at radius 2 is 1.47 bits per heavy atom. The SMILES string of the molecule is COC(=O)[C@H](CCC(=O)NCCCCCC(=O)N1C[C@H](O)C[C@H]1COC(c1ccccc1)(c1ccc(OC)cc1)c1ccc(OC)cc1)NC(=O)c1ccc(CCc2c[nH]c3nc(NC(=O)C(C)C)[nH]c(=O)c23)cc1. The van der Waals surface area contributed by atoms with Gasteiger partial charge in [-0.1, -0.05) is 87.0 Å². The van der Waals surface area contributed by atoms with E-state index in [1.165, 1.54) is 7.11 Å². The van der Waals surface area contributed by atoms with Gasteiger partial charge in [-0.2, -0.15) is 4.98 Å². The van der Waals surface area contributed by atoms with Crippen molar-refractivity contribution in [1.82, 2.24) is 30.5 Å². The molecular weight excluding hydrogens is 959 g/mol. The monoisotopic (exact) mass is 1030 g/mol. The fraction of sp³-hybridized carbons (Fsp3) is 0.386. The summed E-state index contributed by atoms with van der Waals surface area (Å²) < 4.78 is 23.0. The third-order valence-electron chi connectivity index (χ3n) is 13.5. The number of aromatic amines is 2. The molecule has 0 bridgehead atoms. The van der Waals surface area contributed by atoms with E-state index in [9.17, 15) is 33.9 Å². The molecule has 7 rings (SSSR count). The van der Waals surface area contributed by atoms with Crippen molar-refractivity contribution < 1.29 is 48.0 Å². The normalized spacial score (nSPS) is 14.8. The summed E-state index contributed by atoms with van der Waals surface area (Å²) in [7, 11) is 4.45. The van der Waals surface area contributed by atoms with Crippen molar-refractivity contribution in [3.8, 4) is 11.5 Å². The number of hydrogen-bond donors (Lipinski definition) is 6. The lowest BCUT2D eigenvalue weighted by atomic mass is 9.80. The van der Waals surface area contributed by atoms with Crippen molar-refractivity contribution in [2.45, 2.75) is 95.4 Å². The minimum Gasteiger partial charge on any atom is -0.497 e.